The smallest absolute Gasteiger partial charge is 0.423 e. The van der Waals surface area contributed by atoms with Crippen LogP contribution in [-0.2, 0) is 6.42 Å². The zero-order chi connectivity index (χ0) is 10.1. The van der Waals surface area contributed by atoms with Crippen LogP contribution in [0.1, 0.15) is 28.8 Å². The number of carbonyl (C=O) groups is 1. The van der Waals surface area contributed by atoms with Crippen LogP contribution in [0.2, 0.25) is 0 Å². The minimum Gasteiger partial charge on any atom is -0.423 e. The number of benzene rings is 1. The van der Waals surface area contributed by atoms with E-state index in [0.29, 0.717) is 17.4 Å². The lowest BCUT2D eigenvalue weighted by Gasteiger charge is -2.15. The third-order valence-corrected chi connectivity index (χ3v) is 2.58. The zero-order valence-electron chi connectivity index (χ0n) is 7.73. The second kappa shape index (κ2) is 3.56. The van der Waals surface area contributed by atoms with E-state index in [4.69, 9.17) is 10.0 Å². The van der Waals surface area contributed by atoms with Crippen molar-refractivity contribution in [3.63, 3.8) is 0 Å². The van der Waals surface area contributed by atoms with Crippen molar-refractivity contribution in [2.75, 3.05) is 0 Å². The largest absolute Gasteiger partial charge is 0.488 e. The minimum absolute atomic E-state index is 0.105. The van der Waals surface area contributed by atoms with Crippen molar-refractivity contribution < 1.29 is 14.8 Å². The summed E-state index contributed by atoms with van der Waals surface area (Å²) in [5, 5.41) is 17.9. The lowest BCUT2D eigenvalue weighted by Crippen LogP contribution is -2.31. The highest BCUT2D eigenvalue weighted by Crippen LogP contribution is 2.19. The molecule has 2 N–H and O–H groups in total. The summed E-state index contributed by atoms with van der Waals surface area (Å²) in [6.45, 7) is 0. The van der Waals surface area contributed by atoms with Gasteiger partial charge in [0.2, 0.25) is 0 Å². The van der Waals surface area contributed by atoms with Crippen molar-refractivity contribution in [2.45, 2.75) is 19.3 Å². The first kappa shape index (κ1) is 9.43. The average Bonchev–Trinajstić information content (AvgIpc) is 2.18. The number of fused-ring (bicyclic) bond motifs is 1. The van der Waals surface area contributed by atoms with Crippen LogP contribution in [-0.4, -0.2) is 22.9 Å². The molecule has 0 fully saturated rings. The molecule has 3 nitrogen and oxygen atoms in total. The van der Waals surface area contributed by atoms with Gasteiger partial charge in [0, 0.05) is 12.0 Å². The Morgan fingerprint density at radius 1 is 1.21 bits per heavy atom. The fraction of sp³-hybridized carbons (Fsp3) is 0.300. The van der Waals surface area contributed by atoms with E-state index in [9.17, 15) is 4.79 Å². The molecular formula is C10H11BO3. The highest BCUT2D eigenvalue weighted by atomic mass is 16.4. The molecule has 4 heteroatoms. The molecule has 0 aliphatic heterocycles. The van der Waals surface area contributed by atoms with Crippen LogP contribution in [0, 0.1) is 0 Å². The first-order valence-corrected chi connectivity index (χ1v) is 4.70. The highest BCUT2D eigenvalue weighted by molar-refractivity contribution is 6.58. The molecule has 1 aliphatic rings. The Kier molecular flexibility index (Phi) is 2.39. The van der Waals surface area contributed by atoms with Crippen LogP contribution in [0.3, 0.4) is 0 Å². The lowest BCUT2D eigenvalue weighted by molar-refractivity contribution is 0.0972. The number of hydrogen-bond donors (Lipinski definition) is 2. The van der Waals surface area contributed by atoms with Crippen molar-refractivity contribution in [2.24, 2.45) is 0 Å². The van der Waals surface area contributed by atoms with Gasteiger partial charge in [0.25, 0.3) is 0 Å². The van der Waals surface area contributed by atoms with Gasteiger partial charge < -0.3 is 10.0 Å². The molecule has 14 heavy (non-hydrogen) atoms. The summed E-state index contributed by atoms with van der Waals surface area (Å²) in [4.78, 5) is 11.5. The molecule has 0 heterocycles. The molecule has 0 aromatic heterocycles. The Morgan fingerprint density at radius 3 is 2.71 bits per heavy atom. The summed E-state index contributed by atoms with van der Waals surface area (Å²) in [7, 11) is -1.49. The molecule has 72 valence electrons. The van der Waals surface area contributed by atoms with Gasteiger partial charge in [0.1, 0.15) is 0 Å². The molecular weight excluding hydrogens is 179 g/mol. The van der Waals surface area contributed by atoms with Crippen LogP contribution in [0.25, 0.3) is 0 Å². The number of Topliss-reactive ketones (excluding diaryl/α,β-unsaturated/α-hetero) is 1. The van der Waals surface area contributed by atoms with Crippen molar-refractivity contribution in [1.29, 1.82) is 0 Å². The monoisotopic (exact) mass is 190 g/mol. The molecule has 0 amide bonds. The standard InChI is InChI=1S/C10H11BO3/c12-10-3-1-2-7-4-5-8(11(13)14)6-9(7)10/h4-6,13-14H,1-3H2. The first-order valence-electron chi connectivity index (χ1n) is 4.70. The number of hydrogen-bond acceptors (Lipinski definition) is 3. The maximum absolute atomic E-state index is 11.5. The van der Waals surface area contributed by atoms with E-state index < -0.39 is 7.12 Å². The molecule has 0 atom stereocenters. The maximum atomic E-state index is 11.5. The van der Waals surface area contributed by atoms with Crippen LogP contribution in [0.15, 0.2) is 18.2 Å². The summed E-state index contributed by atoms with van der Waals surface area (Å²) >= 11 is 0. The SMILES string of the molecule is O=C1CCCc2ccc(B(O)O)cc21. The van der Waals surface area contributed by atoms with Crippen molar-refractivity contribution in [3.8, 4) is 0 Å². The van der Waals surface area contributed by atoms with Crippen molar-refractivity contribution >= 4 is 18.4 Å². The zero-order valence-corrected chi connectivity index (χ0v) is 7.73. The summed E-state index contributed by atoms with van der Waals surface area (Å²) < 4.78 is 0. The molecule has 0 unspecified atom stereocenters. The van der Waals surface area contributed by atoms with Crippen molar-refractivity contribution in [1.82, 2.24) is 0 Å². The maximum Gasteiger partial charge on any atom is 0.488 e. The van der Waals surface area contributed by atoms with Gasteiger partial charge >= 0.3 is 7.12 Å². The molecule has 0 bridgehead atoms. The predicted octanol–water partition coefficient (Wildman–Crippen LogP) is -0.115. The summed E-state index contributed by atoms with van der Waals surface area (Å²) in [5.41, 5.74) is 2.06. The van der Waals surface area contributed by atoms with E-state index in [1.807, 2.05) is 0 Å². The van der Waals surface area contributed by atoms with Gasteiger partial charge in [-0.3, -0.25) is 4.79 Å². The average molecular weight is 190 g/mol. The molecule has 1 aliphatic carbocycles. The number of ketones is 1. The normalized spacial score (nSPS) is 15.1. The van der Waals surface area contributed by atoms with E-state index in [1.54, 1.807) is 18.2 Å². The summed E-state index contributed by atoms with van der Waals surface area (Å²) in [5.74, 6) is 0.105. The molecule has 0 saturated carbocycles. The van der Waals surface area contributed by atoms with Crippen LogP contribution < -0.4 is 5.46 Å². The third-order valence-electron chi connectivity index (χ3n) is 2.58. The van der Waals surface area contributed by atoms with E-state index in [-0.39, 0.29) is 5.78 Å². The van der Waals surface area contributed by atoms with Gasteiger partial charge in [-0.05, 0) is 23.9 Å². The summed E-state index contributed by atoms with van der Waals surface area (Å²) in [6, 6.07) is 5.05. The summed E-state index contributed by atoms with van der Waals surface area (Å²) in [6.07, 6.45) is 2.37. The molecule has 0 radical (unpaired) electrons. The second-order valence-electron chi connectivity index (χ2n) is 3.57. The van der Waals surface area contributed by atoms with Gasteiger partial charge in [0.05, 0.1) is 0 Å². The second-order valence-corrected chi connectivity index (χ2v) is 3.57. The lowest BCUT2D eigenvalue weighted by atomic mass is 9.77. The van der Waals surface area contributed by atoms with Crippen LogP contribution in [0.5, 0.6) is 0 Å². The Bertz CT molecular complexity index is 374. The molecule has 2 rings (SSSR count). The quantitative estimate of drug-likeness (QED) is 0.607. The van der Waals surface area contributed by atoms with Crippen molar-refractivity contribution in [3.05, 3.63) is 29.3 Å². The van der Waals surface area contributed by atoms with Gasteiger partial charge in [-0.1, -0.05) is 18.2 Å². The first-order chi connectivity index (χ1) is 6.68. The molecule has 1 aromatic carbocycles. The fourth-order valence-corrected chi connectivity index (χ4v) is 1.81. The van der Waals surface area contributed by atoms with E-state index in [2.05, 4.69) is 0 Å². The van der Waals surface area contributed by atoms with Crippen LogP contribution in [0.4, 0.5) is 0 Å². The van der Waals surface area contributed by atoms with Gasteiger partial charge in [-0.25, -0.2) is 0 Å². The van der Waals surface area contributed by atoms with E-state index >= 15 is 0 Å². The van der Waals surface area contributed by atoms with E-state index in [1.165, 1.54) is 0 Å². The molecule has 0 saturated heterocycles. The van der Waals surface area contributed by atoms with Gasteiger partial charge in [0.15, 0.2) is 5.78 Å². The number of aryl methyl sites for hydroxylation is 1. The van der Waals surface area contributed by atoms with Crippen LogP contribution >= 0.6 is 0 Å². The molecule has 0 spiro atoms. The topological polar surface area (TPSA) is 57.5 Å². The van der Waals surface area contributed by atoms with Gasteiger partial charge in [-0.15, -0.1) is 0 Å². The van der Waals surface area contributed by atoms with E-state index in [0.717, 1.165) is 18.4 Å². The molecule has 1 aromatic rings. The third kappa shape index (κ3) is 1.58. The number of carbonyl (C=O) groups excluding carboxylic acids is 1. The fourth-order valence-electron chi connectivity index (χ4n) is 1.81. The Hall–Kier alpha value is -1.13. The van der Waals surface area contributed by atoms with Gasteiger partial charge in [-0.2, -0.15) is 0 Å². The predicted molar refractivity (Wildman–Crippen MR) is 53.5 cm³/mol. The Morgan fingerprint density at radius 2 is 2.00 bits per heavy atom. The number of rotatable bonds is 1. The Balaban J connectivity index is 2.46. The minimum atomic E-state index is -1.49. The Labute approximate surface area is 82.5 Å². The highest BCUT2D eigenvalue weighted by Gasteiger charge is 2.20.